The lowest BCUT2D eigenvalue weighted by Crippen LogP contribution is -2.19. The van der Waals surface area contributed by atoms with Gasteiger partial charge in [-0.05, 0) is 25.8 Å². The Bertz CT molecular complexity index is 220. The van der Waals surface area contributed by atoms with Gasteiger partial charge in [-0.3, -0.25) is 0 Å². The fourth-order valence-corrected chi connectivity index (χ4v) is 2.67. The quantitative estimate of drug-likeness (QED) is 0.429. The maximum Gasteiger partial charge on any atom is 0.0346 e. The minimum absolute atomic E-state index is 0.713. The van der Waals surface area contributed by atoms with Crippen LogP contribution in [0.1, 0.15) is 72.1 Å². The van der Waals surface area contributed by atoms with Crippen molar-refractivity contribution < 1.29 is 0 Å². The van der Waals surface area contributed by atoms with Crippen molar-refractivity contribution in [3.8, 4) is 0 Å². The molecule has 0 heterocycles. The highest BCUT2D eigenvalue weighted by Crippen LogP contribution is 2.37. The highest BCUT2D eigenvalue weighted by atomic mass is 15.0. The predicted octanol–water partition coefficient (Wildman–Crippen LogP) is 4.68. The lowest BCUT2D eigenvalue weighted by Gasteiger charge is -2.03. The van der Waals surface area contributed by atoms with E-state index in [-0.39, 0.29) is 0 Å². The topological polar surface area (TPSA) is 12.0 Å². The molecule has 2 atom stereocenters. The number of unbranched alkanes of at least 4 members (excludes halogenated alkanes) is 7. The Hall–Kier alpha value is -0.300. The Morgan fingerprint density at radius 1 is 1.00 bits per heavy atom. The van der Waals surface area contributed by atoms with Crippen LogP contribution in [0.2, 0.25) is 0 Å². The second kappa shape index (κ2) is 8.74. The summed E-state index contributed by atoms with van der Waals surface area (Å²) in [5, 5.41) is 3.65. The molecule has 1 nitrogen and oxygen atoms in total. The fourth-order valence-electron chi connectivity index (χ4n) is 2.67. The molecule has 0 bridgehead atoms. The zero-order valence-electron chi connectivity index (χ0n) is 12.1. The molecule has 17 heavy (non-hydrogen) atoms. The third kappa shape index (κ3) is 5.72. The van der Waals surface area contributed by atoms with Crippen LogP contribution >= 0.6 is 0 Å². The van der Waals surface area contributed by atoms with Gasteiger partial charge in [0.25, 0.3) is 0 Å². The molecule has 1 heteroatoms. The Morgan fingerprint density at radius 3 is 2.12 bits per heavy atom. The number of rotatable bonds is 10. The van der Waals surface area contributed by atoms with Crippen LogP contribution in [0.25, 0.3) is 0 Å². The van der Waals surface area contributed by atoms with Crippen molar-refractivity contribution in [2.45, 2.75) is 78.2 Å². The molecule has 1 N–H and O–H groups in total. The van der Waals surface area contributed by atoms with Crippen molar-refractivity contribution in [3.63, 3.8) is 0 Å². The minimum atomic E-state index is 0.713. The Labute approximate surface area is 108 Å². The smallest absolute Gasteiger partial charge is 0.0346 e. The number of hydrogen-bond donors (Lipinski definition) is 1. The number of hydrogen-bond acceptors (Lipinski definition) is 1. The summed E-state index contributed by atoms with van der Waals surface area (Å²) in [6.45, 7) is 7.97. The molecule has 0 aliphatic heterocycles. The molecule has 1 saturated carbocycles. The van der Waals surface area contributed by atoms with Gasteiger partial charge >= 0.3 is 0 Å². The van der Waals surface area contributed by atoms with Crippen LogP contribution in [-0.4, -0.2) is 12.6 Å². The van der Waals surface area contributed by atoms with Crippen molar-refractivity contribution in [2.75, 3.05) is 6.54 Å². The molecule has 0 radical (unpaired) electrons. The molecule has 1 fully saturated rings. The SMILES string of the molecule is C/C=C1\C(C)C1NCCCCCCCCCC. The van der Waals surface area contributed by atoms with Crippen LogP contribution in [0.3, 0.4) is 0 Å². The Kier molecular flexibility index (Phi) is 7.59. The third-order valence-electron chi connectivity index (χ3n) is 4.00. The Morgan fingerprint density at radius 2 is 1.59 bits per heavy atom. The monoisotopic (exact) mass is 237 g/mol. The fraction of sp³-hybridized carbons (Fsp3) is 0.875. The summed E-state index contributed by atoms with van der Waals surface area (Å²) < 4.78 is 0. The first-order valence-corrected chi connectivity index (χ1v) is 7.70. The molecule has 0 saturated heterocycles. The lowest BCUT2D eigenvalue weighted by atomic mass is 10.1. The molecule has 0 aromatic heterocycles. The van der Waals surface area contributed by atoms with Crippen LogP contribution in [0.5, 0.6) is 0 Å². The molecule has 100 valence electrons. The average Bonchev–Trinajstić information content (AvgIpc) is 2.97. The molecule has 0 aromatic rings. The van der Waals surface area contributed by atoms with Gasteiger partial charge < -0.3 is 5.32 Å². The van der Waals surface area contributed by atoms with Gasteiger partial charge in [-0.25, -0.2) is 0 Å². The van der Waals surface area contributed by atoms with Crippen molar-refractivity contribution in [3.05, 3.63) is 11.6 Å². The molecule has 1 aliphatic carbocycles. The normalized spacial score (nSPS) is 25.5. The molecule has 2 unspecified atom stereocenters. The van der Waals surface area contributed by atoms with Crippen molar-refractivity contribution >= 4 is 0 Å². The van der Waals surface area contributed by atoms with Crippen LogP contribution < -0.4 is 5.32 Å². The Balaban J connectivity index is 1.79. The maximum atomic E-state index is 3.65. The third-order valence-corrected chi connectivity index (χ3v) is 4.00. The molecular formula is C16H31N. The van der Waals surface area contributed by atoms with E-state index in [1.807, 2.05) is 0 Å². The molecule has 1 rings (SSSR count). The first kappa shape index (κ1) is 14.8. The molecule has 0 amide bonds. The van der Waals surface area contributed by atoms with E-state index in [9.17, 15) is 0 Å². The predicted molar refractivity (Wildman–Crippen MR) is 77.3 cm³/mol. The van der Waals surface area contributed by atoms with Crippen LogP contribution in [0.4, 0.5) is 0 Å². The van der Waals surface area contributed by atoms with Gasteiger partial charge in [0.2, 0.25) is 0 Å². The van der Waals surface area contributed by atoms with Crippen LogP contribution in [-0.2, 0) is 0 Å². The summed E-state index contributed by atoms with van der Waals surface area (Å²) in [6, 6.07) is 0.713. The summed E-state index contributed by atoms with van der Waals surface area (Å²) >= 11 is 0. The highest BCUT2D eigenvalue weighted by molar-refractivity contribution is 5.32. The van der Waals surface area contributed by atoms with E-state index in [2.05, 4.69) is 32.2 Å². The summed E-state index contributed by atoms with van der Waals surface area (Å²) in [4.78, 5) is 0. The maximum absolute atomic E-state index is 3.65. The van der Waals surface area contributed by atoms with E-state index in [1.165, 1.54) is 57.9 Å². The van der Waals surface area contributed by atoms with Crippen molar-refractivity contribution in [1.29, 1.82) is 0 Å². The second-order valence-electron chi connectivity index (χ2n) is 5.48. The molecule has 1 aliphatic rings. The van der Waals surface area contributed by atoms with Crippen molar-refractivity contribution in [2.24, 2.45) is 5.92 Å². The van der Waals surface area contributed by atoms with E-state index in [0.29, 0.717) is 6.04 Å². The highest BCUT2D eigenvalue weighted by Gasteiger charge is 2.38. The summed E-state index contributed by atoms with van der Waals surface area (Å²) in [5.41, 5.74) is 1.62. The van der Waals surface area contributed by atoms with Gasteiger partial charge in [0.15, 0.2) is 0 Å². The van der Waals surface area contributed by atoms with Crippen LogP contribution in [0, 0.1) is 5.92 Å². The molecule has 0 aromatic carbocycles. The average molecular weight is 237 g/mol. The van der Waals surface area contributed by atoms with Crippen molar-refractivity contribution in [1.82, 2.24) is 5.32 Å². The van der Waals surface area contributed by atoms with Gasteiger partial charge in [-0.2, -0.15) is 0 Å². The first-order valence-electron chi connectivity index (χ1n) is 7.70. The number of nitrogens with one attached hydrogen (secondary N) is 1. The summed E-state index contributed by atoms with van der Waals surface area (Å²) in [5.74, 6) is 0.800. The van der Waals surface area contributed by atoms with E-state index in [1.54, 1.807) is 5.57 Å². The zero-order valence-corrected chi connectivity index (χ0v) is 12.1. The molecular weight excluding hydrogens is 206 g/mol. The van der Waals surface area contributed by atoms with E-state index >= 15 is 0 Å². The van der Waals surface area contributed by atoms with E-state index < -0.39 is 0 Å². The standard InChI is InChI=1S/C16H31N/c1-4-6-7-8-9-10-11-12-13-17-16-14(3)15(16)5-2/h5,14,16-17H,4,6-13H2,1-3H3/b15-5+. The van der Waals surface area contributed by atoms with Gasteiger partial charge in [-0.15, -0.1) is 0 Å². The first-order chi connectivity index (χ1) is 8.31. The van der Waals surface area contributed by atoms with E-state index in [4.69, 9.17) is 0 Å². The largest absolute Gasteiger partial charge is 0.310 e. The van der Waals surface area contributed by atoms with Gasteiger partial charge in [0, 0.05) is 6.04 Å². The lowest BCUT2D eigenvalue weighted by molar-refractivity contribution is 0.550. The second-order valence-corrected chi connectivity index (χ2v) is 5.48. The van der Waals surface area contributed by atoms with Crippen LogP contribution in [0.15, 0.2) is 11.6 Å². The summed E-state index contributed by atoms with van der Waals surface area (Å²) in [7, 11) is 0. The van der Waals surface area contributed by atoms with Gasteiger partial charge in [0.1, 0.15) is 0 Å². The molecule has 0 spiro atoms. The minimum Gasteiger partial charge on any atom is -0.310 e. The zero-order chi connectivity index (χ0) is 12.5. The van der Waals surface area contributed by atoms with E-state index in [0.717, 1.165) is 5.92 Å². The van der Waals surface area contributed by atoms with Gasteiger partial charge in [0.05, 0.1) is 0 Å². The van der Waals surface area contributed by atoms with Gasteiger partial charge in [-0.1, -0.05) is 70.4 Å². The summed E-state index contributed by atoms with van der Waals surface area (Å²) in [6.07, 6.45) is 13.6. The number of allylic oxidation sites excluding steroid dienone is 1.